The summed E-state index contributed by atoms with van der Waals surface area (Å²) in [6, 6.07) is 0. The Bertz CT molecular complexity index is 383. The van der Waals surface area contributed by atoms with E-state index >= 15 is 0 Å². The van der Waals surface area contributed by atoms with Crippen molar-refractivity contribution in [1.29, 1.82) is 0 Å². The highest BCUT2D eigenvalue weighted by Crippen LogP contribution is 2.22. The van der Waals surface area contributed by atoms with Crippen LogP contribution in [0.15, 0.2) is 0 Å². The van der Waals surface area contributed by atoms with Gasteiger partial charge in [-0.15, -0.1) is 0 Å². The molecule has 1 unspecified atom stereocenters. The first-order valence-electron chi connectivity index (χ1n) is 5.40. The van der Waals surface area contributed by atoms with Crippen molar-refractivity contribution in [1.82, 2.24) is 4.31 Å². The van der Waals surface area contributed by atoms with Gasteiger partial charge in [-0.1, -0.05) is 0 Å². The zero-order valence-electron chi connectivity index (χ0n) is 9.76. The van der Waals surface area contributed by atoms with Crippen LogP contribution in [0.4, 0.5) is 0 Å². The largest absolute Gasteiger partial charge is 0.480 e. The highest BCUT2D eigenvalue weighted by molar-refractivity contribution is 7.89. The molecule has 100 valence electrons. The number of sulfonamides is 1. The van der Waals surface area contributed by atoms with Crippen molar-refractivity contribution in [2.45, 2.75) is 18.9 Å². The predicted molar refractivity (Wildman–Crippen MR) is 61.0 cm³/mol. The maximum atomic E-state index is 11.8. The van der Waals surface area contributed by atoms with Gasteiger partial charge in [0.05, 0.1) is 12.4 Å². The molecule has 1 aliphatic rings. The smallest absolute Gasteiger partial charge is 0.325 e. The van der Waals surface area contributed by atoms with Crippen LogP contribution in [-0.4, -0.2) is 61.4 Å². The minimum absolute atomic E-state index is 0.111. The third-order valence-electron chi connectivity index (χ3n) is 2.77. The first-order valence-corrected chi connectivity index (χ1v) is 7.00. The summed E-state index contributed by atoms with van der Waals surface area (Å²) in [5.74, 6) is -1.31. The monoisotopic (exact) mass is 266 g/mol. The highest BCUT2D eigenvalue weighted by atomic mass is 32.2. The number of carbonyl (C=O) groups is 1. The third-order valence-corrected chi connectivity index (χ3v) is 4.56. The highest BCUT2D eigenvalue weighted by Gasteiger charge is 2.44. The molecule has 1 fully saturated rings. The summed E-state index contributed by atoms with van der Waals surface area (Å²) in [4.78, 5) is 10.9. The number of hydrogen-bond donors (Lipinski definition) is 2. The number of rotatable bonds is 6. The van der Waals surface area contributed by atoms with Crippen molar-refractivity contribution < 1.29 is 23.1 Å². The number of aliphatic carboxylic acids is 1. The van der Waals surface area contributed by atoms with Gasteiger partial charge in [-0.3, -0.25) is 4.79 Å². The van der Waals surface area contributed by atoms with Gasteiger partial charge in [0, 0.05) is 19.7 Å². The molecule has 0 spiro atoms. The van der Waals surface area contributed by atoms with Crippen LogP contribution in [0.3, 0.4) is 0 Å². The van der Waals surface area contributed by atoms with Gasteiger partial charge in [0.15, 0.2) is 0 Å². The Morgan fingerprint density at radius 1 is 1.59 bits per heavy atom. The first kappa shape index (κ1) is 14.4. The summed E-state index contributed by atoms with van der Waals surface area (Å²) in [6.07, 6.45) is 0.135. The van der Waals surface area contributed by atoms with Crippen LogP contribution >= 0.6 is 0 Å². The quantitative estimate of drug-likeness (QED) is 0.587. The number of carboxylic acids is 1. The molecule has 0 saturated carbocycles. The summed E-state index contributed by atoms with van der Waals surface area (Å²) in [7, 11) is -3.47. The number of hydrogen-bond acceptors (Lipinski definition) is 5. The van der Waals surface area contributed by atoms with Crippen molar-refractivity contribution in [3.8, 4) is 0 Å². The minimum atomic E-state index is -3.47. The Morgan fingerprint density at radius 2 is 2.24 bits per heavy atom. The maximum absolute atomic E-state index is 11.8. The molecule has 0 aromatic carbocycles. The molecule has 7 nitrogen and oxygen atoms in total. The van der Waals surface area contributed by atoms with Gasteiger partial charge in [-0.2, -0.15) is 4.31 Å². The van der Waals surface area contributed by atoms with Gasteiger partial charge in [-0.05, 0) is 13.3 Å². The van der Waals surface area contributed by atoms with E-state index in [-0.39, 0.29) is 31.9 Å². The molecule has 0 radical (unpaired) electrons. The summed E-state index contributed by atoms with van der Waals surface area (Å²) < 4.78 is 29.7. The molecule has 1 aliphatic heterocycles. The van der Waals surface area contributed by atoms with Crippen molar-refractivity contribution >= 4 is 16.0 Å². The van der Waals surface area contributed by atoms with Crippen LogP contribution in [-0.2, 0) is 19.6 Å². The average molecular weight is 266 g/mol. The van der Waals surface area contributed by atoms with E-state index in [1.165, 1.54) is 0 Å². The van der Waals surface area contributed by atoms with Crippen molar-refractivity contribution in [3.63, 3.8) is 0 Å². The summed E-state index contributed by atoms with van der Waals surface area (Å²) in [5.41, 5.74) is 4.15. The molecule has 0 bridgehead atoms. The molecule has 3 N–H and O–H groups in total. The molecule has 0 aromatic rings. The molecule has 1 heterocycles. The van der Waals surface area contributed by atoms with Crippen LogP contribution in [0.5, 0.6) is 0 Å². The fraction of sp³-hybridized carbons (Fsp3) is 0.889. The number of nitrogens with zero attached hydrogens (tertiary/aromatic N) is 1. The topological polar surface area (TPSA) is 110 Å². The standard InChI is InChI=1S/C9H18N2O5S/c1-2-16-5-6-17(14,15)11-4-3-9(10,7-11)8(12)13/h2-7,10H2,1H3,(H,12,13). The zero-order chi connectivity index (χ0) is 13.1. The maximum Gasteiger partial charge on any atom is 0.325 e. The van der Waals surface area contributed by atoms with Gasteiger partial charge in [0.25, 0.3) is 0 Å². The molecular weight excluding hydrogens is 248 g/mol. The van der Waals surface area contributed by atoms with E-state index in [9.17, 15) is 13.2 Å². The van der Waals surface area contributed by atoms with Crippen molar-refractivity contribution in [2.75, 3.05) is 32.1 Å². The zero-order valence-corrected chi connectivity index (χ0v) is 10.6. The van der Waals surface area contributed by atoms with E-state index in [4.69, 9.17) is 15.6 Å². The van der Waals surface area contributed by atoms with Gasteiger partial charge in [0.1, 0.15) is 5.54 Å². The van der Waals surface area contributed by atoms with E-state index in [1.54, 1.807) is 6.92 Å². The SMILES string of the molecule is CCOCCS(=O)(=O)N1CCC(N)(C(=O)O)C1. The van der Waals surface area contributed by atoms with Crippen molar-refractivity contribution in [2.24, 2.45) is 5.73 Å². The lowest BCUT2D eigenvalue weighted by atomic mass is 10.0. The lowest BCUT2D eigenvalue weighted by Crippen LogP contribution is -2.50. The number of carboxylic acid groups (broad SMARTS) is 1. The van der Waals surface area contributed by atoms with E-state index in [0.29, 0.717) is 6.61 Å². The Hall–Kier alpha value is -0.700. The molecule has 0 aliphatic carbocycles. The normalized spacial score (nSPS) is 26.2. The van der Waals surface area contributed by atoms with E-state index in [1.807, 2.05) is 0 Å². The second-order valence-electron chi connectivity index (χ2n) is 4.06. The molecule has 1 rings (SSSR count). The van der Waals surface area contributed by atoms with E-state index < -0.39 is 21.5 Å². The van der Waals surface area contributed by atoms with Crippen LogP contribution in [0.1, 0.15) is 13.3 Å². The molecule has 0 aromatic heterocycles. The number of ether oxygens (including phenoxy) is 1. The predicted octanol–water partition coefficient (Wildman–Crippen LogP) is -1.16. The minimum Gasteiger partial charge on any atom is -0.480 e. The van der Waals surface area contributed by atoms with Crippen LogP contribution in [0.25, 0.3) is 0 Å². The first-order chi connectivity index (χ1) is 7.82. The van der Waals surface area contributed by atoms with Gasteiger partial charge < -0.3 is 15.6 Å². The fourth-order valence-corrected chi connectivity index (χ4v) is 3.03. The molecular formula is C9H18N2O5S. The Morgan fingerprint density at radius 3 is 2.71 bits per heavy atom. The van der Waals surface area contributed by atoms with Crippen LogP contribution in [0.2, 0.25) is 0 Å². The molecule has 0 amide bonds. The third kappa shape index (κ3) is 3.38. The number of nitrogens with two attached hydrogens (primary N) is 1. The summed E-state index contributed by atoms with van der Waals surface area (Å²) in [5, 5.41) is 8.90. The molecule has 17 heavy (non-hydrogen) atoms. The molecule has 1 saturated heterocycles. The summed E-state index contributed by atoms with van der Waals surface area (Å²) >= 11 is 0. The van der Waals surface area contributed by atoms with Crippen molar-refractivity contribution in [3.05, 3.63) is 0 Å². The molecule has 1 atom stereocenters. The van der Waals surface area contributed by atoms with Crippen LogP contribution < -0.4 is 5.73 Å². The van der Waals surface area contributed by atoms with Gasteiger partial charge in [0.2, 0.25) is 10.0 Å². The van der Waals surface area contributed by atoms with E-state index in [2.05, 4.69) is 0 Å². The fourth-order valence-electron chi connectivity index (χ4n) is 1.65. The second-order valence-corrected chi connectivity index (χ2v) is 6.15. The molecule has 8 heteroatoms. The Balaban J connectivity index is 2.61. The van der Waals surface area contributed by atoms with Gasteiger partial charge >= 0.3 is 5.97 Å². The van der Waals surface area contributed by atoms with E-state index in [0.717, 1.165) is 4.31 Å². The average Bonchev–Trinajstić information content (AvgIpc) is 2.63. The Kier molecular flexibility index (Phi) is 4.48. The van der Waals surface area contributed by atoms with Crippen LogP contribution in [0, 0.1) is 0 Å². The Labute approximate surface area is 101 Å². The lowest BCUT2D eigenvalue weighted by Gasteiger charge is -2.19. The van der Waals surface area contributed by atoms with Gasteiger partial charge in [-0.25, -0.2) is 8.42 Å². The second kappa shape index (κ2) is 5.30. The lowest BCUT2D eigenvalue weighted by molar-refractivity contribution is -0.142. The summed E-state index contributed by atoms with van der Waals surface area (Å²) in [6.45, 7) is 2.32.